The maximum atomic E-state index is 11.7. The summed E-state index contributed by atoms with van der Waals surface area (Å²) in [5.74, 6) is -0.111. The summed E-state index contributed by atoms with van der Waals surface area (Å²) < 4.78 is 0. The number of likely N-dealkylation sites (N-methyl/N-ethyl adjacent to an activating group) is 1. The smallest absolute Gasteiger partial charge is 0.246 e. The molecule has 3 nitrogen and oxygen atoms in total. The van der Waals surface area contributed by atoms with Gasteiger partial charge < -0.3 is 9.79 Å². The minimum absolute atomic E-state index is 0.111. The first-order valence-electron chi connectivity index (χ1n) is 4.75. The van der Waals surface area contributed by atoms with Crippen molar-refractivity contribution in [1.29, 1.82) is 0 Å². The number of amides is 1. The van der Waals surface area contributed by atoms with Crippen LogP contribution in [-0.4, -0.2) is 35.4 Å². The largest absolute Gasteiger partial charge is 0.630 e. The lowest BCUT2D eigenvalue weighted by Gasteiger charge is -2.13. The molecule has 0 radical (unpaired) electrons. The summed E-state index contributed by atoms with van der Waals surface area (Å²) in [5.41, 5.74) is 0.284. The molecule has 0 aromatic rings. The minimum Gasteiger partial charge on any atom is -0.630 e. The highest BCUT2D eigenvalue weighted by atomic mass is 31.1. The summed E-state index contributed by atoms with van der Waals surface area (Å²) in [7, 11) is 0.498. The summed E-state index contributed by atoms with van der Waals surface area (Å²) in [6, 6.07) is 0. The number of hydrogen-bond acceptors (Lipinski definition) is 2. The number of carbonyl (C=O) groups is 1. The molecule has 1 heterocycles. The lowest BCUT2D eigenvalue weighted by molar-refractivity contribution is -0.154. The van der Waals surface area contributed by atoms with Crippen molar-refractivity contribution in [1.82, 2.24) is 4.90 Å². The van der Waals surface area contributed by atoms with Crippen molar-refractivity contribution in [2.45, 2.75) is 25.4 Å². The molecule has 0 aliphatic carbocycles. The molecule has 0 aromatic heterocycles. The number of nitrogens with zero attached hydrogens (tertiary/aromatic N) is 1. The first-order valence-corrected chi connectivity index (χ1v) is 6.07. The lowest BCUT2D eigenvalue weighted by atomic mass is 10.2. The van der Waals surface area contributed by atoms with Crippen molar-refractivity contribution in [2.75, 3.05) is 13.6 Å². The van der Waals surface area contributed by atoms with E-state index in [1.165, 1.54) is 6.08 Å². The third-order valence-corrected chi connectivity index (χ3v) is 4.58. The van der Waals surface area contributed by atoms with Gasteiger partial charge in [0.25, 0.3) is 0 Å². The summed E-state index contributed by atoms with van der Waals surface area (Å²) in [5, 5.41) is 1.02. The van der Waals surface area contributed by atoms with Crippen molar-refractivity contribution in [2.24, 2.45) is 0 Å². The molecule has 0 spiro atoms. The van der Waals surface area contributed by atoms with E-state index in [0.717, 1.165) is 18.1 Å². The number of hydrogen-bond donors (Lipinski definition) is 0. The SMILES string of the molecule is C=CC(=O)N(C)CC1=[P+]([O-])C(C)CC1. The van der Waals surface area contributed by atoms with E-state index in [0.29, 0.717) is 6.54 Å². The van der Waals surface area contributed by atoms with Crippen LogP contribution >= 0.6 is 7.77 Å². The maximum Gasteiger partial charge on any atom is 0.246 e. The zero-order valence-corrected chi connectivity index (χ0v) is 9.59. The molecule has 1 aliphatic heterocycles. The van der Waals surface area contributed by atoms with E-state index in [9.17, 15) is 9.69 Å². The van der Waals surface area contributed by atoms with Gasteiger partial charge in [0.1, 0.15) is 11.0 Å². The molecular formula is C10H16NO2P. The Hall–Kier alpha value is -0.660. The van der Waals surface area contributed by atoms with Gasteiger partial charge >= 0.3 is 0 Å². The topological polar surface area (TPSA) is 43.4 Å². The van der Waals surface area contributed by atoms with Gasteiger partial charge in [-0.15, -0.1) is 0 Å². The molecule has 1 amide bonds. The van der Waals surface area contributed by atoms with Crippen LogP contribution < -0.4 is 4.89 Å². The van der Waals surface area contributed by atoms with Crippen LogP contribution in [0.1, 0.15) is 19.8 Å². The second kappa shape index (κ2) is 4.72. The first-order chi connectivity index (χ1) is 6.56. The summed E-state index contributed by atoms with van der Waals surface area (Å²) in [4.78, 5) is 24.4. The monoisotopic (exact) mass is 213 g/mol. The van der Waals surface area contributed by atoms with Gasteiger partial charge in [-0.1, -0.05) is 6.58 Å². The van der Waals surface area contributed by atoms with Gasteiger partial charge in [0, 0.05) is 13.5 Å². The Labute approximate surface area is 85.9 Å². The normalized spacial score (nSPS) is 23.8. The average molecular weight is 213 g/mol. The van der Waals surface area contributed by atoms with Gasteiger partial charge in [-0.05, 0) is 19.4 Å². The molecule has 0 fully saturated rings. The lowest BCUT2D eigenvalue weighted by Crippen LogP contribution is -2.30. The van der Waals surface area contributed by atoms with Crippen LogP contribution in [-0.2, 0) is 4.79 Å². The van der Waals surface area contributed by atoms with E-state index >= 15 is 0 Å². The third kappa shape index (κ3) is 2.43. The molecule has 78 valence electrons. The van der Waals surface area contributed by atoms with Crippen LogP contribution in [0.3, 0.4) is 0 Å². The Morgan fingerprint density at radius 2 is 2.50 bits per heavy atom. The third-order valence-electron chi connectivity index (χ3n) is 2.53. The standard InChI is InChI=1S/C10H16NO2P/c1-4-10(12)11(3)7-9-6-5-8(2)14(9)13/h4,8H,1,5-7H2,2-3H3. The van der Waals surface area contributed by atoms with E-state index in [-0.39, 0.29) is 11.6 Å². The Morgan fingerprint density at radius 1 is 1.86 bits per heavy atom. The fraction of sp³-hybridized carbons (Fsp3) is 0.600. The molecule has 0 bridgehead atoms. The van der Waals surface area contributed by atoms with Crippen molar-refractivity contribution in [3.63, 3.8) is 0 Å². The fourth-order valence-corrected chi connectivity index (χ4v) is 3.26. The summed E-state index contributed by atoms with van der Waals surface area (Å²) >= 11 is 0. The predicted octanol–water partition coefficient (Wildman–Crippen LogP) is 0.743. The Kier molecular flexibility index (Phi) is 3.85. The number of rotatable bonds is 3. The maximum absolute atomic E-state index is 11.7. The summed E-state index contributed by atoms with van der Waals surface area (Å²) in [6.45, 7) is 5.94. The highest BCUT2D eigenvalue weighted by Crippen LogP contribution is 2.34. The van der Waals surface area contributed by atoms with Crippen LogP contribution in [0.15, 0.2) is 12.7 Å². The molecule has 0 N–H and O–H groups in total. The second-order valence-corrected chi connectivity index (χ2v) is 5.84. The molecule has 2 atom stereocenters. The van der Waals surface area contributed by atoms with Gasteiger partial charge in [-0.3, -0.25) is 4.79 Å². The van der Waals surface area contributed by atoms with Crippen molar-refractivity contribution >= 4 is 19.0 Å². The van der Waals surface area contributed by atoms with Gasteiger partial charge in [-0.2, -0.15) is 0 Å². The first kappa shape index (κ1) is 11.4. The van der Waals surface area contributed by atoms with Crippen molar-refractivity contribution < 1.29 is 9.69 Å². The molecule has 1 rings (SSSR count). The summed E-state index contributed by atoms with van der Waals surface area (Å²) in [6.07, 6.45) is 3.16. The van der Waals surface area contributed by atoms with E-state index in [1.54, 1.807) is 11.9 Å². The second-order valence-electron chi connectivity index (χ2n) is 3.68. The molecule has 0 saturated carbocycles. The molecule has 1 aliphatic rings. The quantitative estimate of drug-likeness (QED) is 0.512. The van der Waals surface area contributed by atoms with Crippen LogP contribution in [0.2, 0.25) is 0 Å². The van der Waals surface area contributed by atoms with Crippen LogP contribution in [0.25, 0.3) is 0 Å². The minimum atomic E-state index is -1.21. The van der Waals surface area contributed by atoms with E-state index in [1.807, 2.05) is 6.92 Å². The Balaban J connectivity index is 2.61. The van der Waals surface area contributed by atoms with Crippen LogP contribution in [0.4, 0.5) is 0 Å². The van der Waals surface area contributed by atoms with E-state index < -0.39 is 7.77 Å². The highest BCUT2D eigenvalue weighted by molar-refractivity contribution is 7.53. The highest BCUT2D eigenvalue weighted by Gasteiger charge is 2.26. The van der Waals surface area contributed by atoms with Crippen LogP contribution in [0, 0.1) is 0 Å². The molecular weight excluding hydrogens is 197 g/mol. The van der Waals surface area contributed by atoms with E-state index in [2.05, 4.69) is 6.58 Å². The zero-order valence-electron chi connectivity index (χ0n) is 8.69. The van der Waals surface area contributed by atoms with Gasteiger partial charge in [0.15, 0.2) is 0 Å². The molecule has 2 unspecified atom stereocenters. The Morgan fingerprint density at radius 3 is 2.93 bits per heavy atom. The predicted molar refractivity (Wildman–Crippen MR) is 58.5 cm³/mol. The zero-order chi connectivity index (χ0) is 10.7. The average Bonchev–Trinajstić information content (AvgIpc) is 2.48. The molecule has 0 aromatic carbocycles. The van der Waals surface area contributed by atoms with Crippen molar-refractivity contribution in [3.8, 4) is 0 Å². The fourth-order valence-electron chi connectivity index (χ4n) is 1.57. The van der Waals surface area contributed by atoms with Crippen molar-refractivity contribution in [3.05, 3.63) is 12.7 Å². The van der Waals surface area contributed by atoms with Gasteiger partial charge in [-0.25, -0.2) is 0 Å². The Bertz CT molecular complexity index is 286. The van der Waals surface area contributed by atoms with Gasteiger partial charge in [0.05, 0.1) is 14.3 Å². The molecule has 4 heteroatoms. The number of carbonyl (C=O) groups excluding carboxylic acids is 1. The van der Waals surface area contributed by atoms with Gasteiger partial charge in [0.2, 0.25) is 5.91 Å². The molecule has 0 saturated heterocycles. The van der Waals surface area contributed by atoms with E-state index in [4.69, 9.17) is 0 Å². The molecule has 14 heavy (non-hydrogen) atoms. The van der Waals surface area contributed by atoms with Crippen LogP contribution in [0.5, 0.6) is 0 Å².